The molecule has 5 nitrogen and oxygen atoms in total. The molecule has 1 heterocycles. The molecule has 132 valence electrons. The average molecular weight is 381 g/mol. The maximum Gasteiger partial charge on any atom is 0.340 e. The van der Waals surface area contributed by atoms with Crippen molar-refractivity contribution in [3.05, 3.63) is 63.4 Å². The summed E-state index contributed by atoms with van der Waals surface area (Å²) in [6, 6.07) is 9.12. The van der Waals surface area contributed by atoms with E-state index in [9.17, 15) is 9.59 Å². The fourth-order valence-electron chi connectivity index (χ4n) is 2.20. The van der Waals surface area contributed by atoms with Crippen LogP contribution in [0.25, 0.3) is 0 Å². The number of nitrogens with zero attached hydrogens (tertiary/aromatic N) is 1. The molecule has 1 aromatic carbocycles. The van der Waals surface area contributed by atoms with E-state index in [1.165, 1.54) is 12.3 Å². The molecule has 0 fully saturated rings. The lowest BCUT2D eigenvalue weighted by atomic mass is 10.0. The van der Waals surface area contributed by atoms with Crippen molar-refractivity contribution in [2.75, 3.05) is 6.61 Å². The Hall–Kier alpha value is -2.11. The van der Waals surface area contributed by atoms with Crippen LogP contribution in [0.3, 0.4) is 0 Å². The standard InChI is InChI=1S/C18H18Cl2N2O3/c1-3-15(12-6-4-11(2)5-7-12)22-16(23)10-25-18(24)13-8-14(19)17(20)21-9-13/h4-9,15H,3,10H2,1-2H3,(H,22,23)/t15-/m0/s1. The molecular formula is C18H18Cl2N2O3. The third-order valence-corrected chi connectivity index (χ3v) is 4.28. The van der Waals surface area contributed by atoms with Crippen molar-refractivity contribution in [3.8, 4) is 0 Å². The zero-order valence-corrected chi connectivity index (χ0v) is 15.4. The Bertz CT molecular complexity index is 763. The first-order valence-corrected chi connectivity index (χ1v) is 8.50. The van der Waals surface area contributed by atoms with Crippen molar-refractivity contribution >= 4 is 35.1 Å². The first-order chi connectivity index (χ1) is 11.9. The van der Waals surface area contributed by atoms with Gasteiger partial charge in [-0.3, -0.25) is 4.79 Å². The van der Waals surface area contributed by atoms with E-state index in [4.69, 9.17) is 27.9 Å². The highest BCUT2D eigenvalue weighted by Gasteiger charge is 2.16. The molecule has 1 aromatic heterocycles. The molecule has 0 bridgehead atoms. The maximum atomic E-state index is 12.1. The van der Waals surface area contributed by atoms with Crippen molar-refractivity contribution < 1.29 is 14.3 Å². The van der Waals surface area contributed by atoms with Crippen LogP contribution in [0.2, 0.25) is 10.2 Å². The van der Waals surface area contributed by atoms with Gasteiger partial charge in [0, 0.05) is 6.20 Å². The van der Waals surface area contributed by atoms with Crippen molar-refractivity contribution in [2.45, 2.75) is 26.3 Å². The van der Waals surface area contributed by atoms with Gasteiger partial charge in [-0.05, 0) is 25.0 Å². The molecule has 2 rings (SSSR count). The molecule has 0 saturated heterocycles. The number of rotatable bonds is 6. The summed E-state index contributed by atoms with van der Waals surface area (Å²) in [6.45, 7) is 3.58. The van der Waals surface area contributed by atoms with E-state index >= 15 is 0 Å². The van der Waals surface area contributed by atoms with Gasteiger partial charge in [-0.1, -0.05) is 60.0 Å². The van der Waals surface area contributed by atoms with Crippen LogP contribution in [0.15, 0.2) is 36.5 Å². The summed E-state index contributed by atoms with van der Waals surface area (Å²) in [4.78, 5) is 27.8. The Balaban J connectivity index is 1.91. The summed E-state index contributed by atoms with van der Waals surface area (Å²) in [5.74, 6) is -1.07. The van der Waals surface area contributed by atoms with E-state index in [1.54, 1.807) is 0 Å². The topological polar surface area (TPSA) is 68.3 Å². The van der Waals surface area contributed by atoms with Crippen LogP contribution in [0.4, 0.5) is 0 Å². The molecular weight excluding hydrogens is 363 g/mol. The lowest BCUT2D eigenvalue weighted by molar-refractivity contribution is -0.125. The van der Waals surface area contributed by atoms with Gasteiger partial charge in [0.2, 0.25) is 0 Å². The minimum Gasteiger partial charge on any atom is -0.452 e. The third-order valence-electron chi connectivity index (χ3n) is 3.59. The van der Waals surface area contributed by atoms with E-state index in [-0.39, 0.29) is 34.3 Å². The smallest absolute Gasteiger partial charge is 0.340 e. The first-order valence-electron chi connectivity index (χ1n) is 7.74. The second kappa shape index (κ2) is 8.83. The van der Waals surface area contributed by atoms with Crippen molar-refractivity contribution in [2.24, 2.45) is 0 Å². The fraction of sp³-hybridized carbons (Fsp3) is 0.278. The van der Waals surface area contributed by atoms with Crippen molar-refractivity contribution in [3.63, 3.8) is 0 Å². The van der Waals surface area contributed by atoms with Gasteiger partial charge < -0.3 is 10.1 Å². The Kier molecular flexibility index (Phi) is 6.79. The normalized spacial score (nSPS) is 11.7. The van der Waals surface area contributed by atoms with Gasteiger partial charge in [0.15, 0.2) is 6.61 Å². The third kappa shape index (κ3) is 5.44. The summed E-state index contributed by atoms with van der Waals surface area (Å²) >= 11 is 11.5. The van der Waals surface area contributed by atoms with Crippen LogP contribution < -0.4 is 5.32 Å². The van der Waals surface area contributed by atoms with Crippen LogP contribution in [0.1, 0.15) is 40.9 Å². The molecule has 0 saturated carbocycles. The first kappa shape index (κ1) is 19.2. The number of halogens is 2. The Morgan fingerprint density at radius 1 is 1.24 bits per heavy atom. The van der Waals surface area contributed by atoms with E-state index in [0.717, 1.165) is 17.5 Å². The molecule has 0 unspecified atom stereocenters. The lowest BCUT2D eigenvalue weighted by Gasteiger charge is -2.17. The molecule has 0 radical (unpaired) electrons. The van der Waals surface area contributed by atoms with E-state index in [2.05, 4.69) is 10.3 Å². The van der Waals surface area contributed by atoms with Gasteiger partial charge in [-0.2, -0.15) is 0 Å². The van der Waals surface area contributed by atoms with E-state index in [1.807, 2.05) is 38.1 Å². The molecule has 0 aliphatic carbocycles. The number of hydrogen-bond donors (Lipinski definition) is 1. The average Bonchev–Trinajstić information content (AvgIpc) is 2.60. The zero-order valence-electron chi connectivity index (χ0n) is 13.9. The van der Waals surface area contributed by atoms with Gasteiger partial charge in [-0.15, -0.1) is 0 Å². The number of carbonyl (C=O) groups excluding carboxylic acids is 2. The fourth-order valence-corrected chi connectivity index (χ4v) is 2.47. The molecule has 0 aliphatic heterocycles. The number of benzene rings is 1. The molecule has 0 aliphatic rings. The SMILES string of the molecule is CC[C@H](NC(=O)COC(=O)c1cnc(Cl)c(Cl)c1)c1ccc(C)cc1. The summed E-state index contributed by atoms with van der Waals surface area (Å²) in [5, 5.41) is 3.09. The Labute approximate surface area is 156 Å². The maximum absolute atomic E-state index is 12.1. The molecule has 2 aromatic rings. The zero-order chi connectivity index (χ0) is 18.4. The van der Waals surface area contributed by atoms with Crippen molar-refractivity contribution in [1.29, 1.82) is 0 Å². The summed E-state index contributed by atoms with van der Waals surface area (Å²) in [7, 11) is 0. The highest BCUT2D eigenvalue weighted by molar-refractivity contribution is 6.41. The second-order valence-electron chi connectivity index (χ2n) is 5.51. The quantitative estimate of drug-likeness (QED) is 0.604. The van der Waals surface area contributed by atoms with Gasteiger partial charge in [-0.25, -0.2) is 9.78 Å². The minimum atomic E-state index is -0.690. The van der Waals surface area contributed by atoms with Gasteiger partial charge in [0.25, 0.3) is 5.91 Å². The summed E-state index contributed by atoms with van der Waals surface area (Å²) in [6.07, 6.45) is 1.97. The van der Waals surface area contributed by atoms with Gasteiger partial charge in [0.1, 0.15) is 5.15 Å². The number of amides is 1. The lowest BCUT2D eigenvalue weighted by Crippen LogP contribution is -2.32. The predicted molar refractivity (Wildman–Crippen MR) is 96.9 cm³/mol. The second-order valence-corrected chi connectivity index (χ2v) is 6.28. The molecule has 7 heteroatoms. The number of aryl methyl sites for hydroxylation is 1. The number of ether oxygens (including phenoxy) is 1. The molecule has 25 heavy (non-hydrogen) atoms. The van der Waals surface area contributed by atoms with Crippen LogP contribution in [-0.2, 0) is 9.53 Å². The van der Waals surface area contributed by atoms with Crippen LogP contribution in [0, 0.1) is 6.92 Å². The molecule has 1 N–H and O–H groups in total. The monoisotopic (exact) mass is 380 g/mol. The van der Waals surface area contributed by atoms with Gasteiger partial charge >= 0.3 is 5.97 Å². The number of carbonyl (C=O) groups is 2. The molecule has 0 spiro atoms. The minimum absolute atomic E-state index is 0.0971. The number of aromatic nitrogens is 1. The number of nitrogens with one attached hydrogen (secondary N) is 1. The van der Waals surface area contributed by atoms with Crippen LogP contribution >= 0.6 is 23.2 Å². The Morgan fingerprint density at radius 3 is 2.52 bits per heavy atom. The van der Waals surface area contributed by atoms with E-state index < -0.39 is 5.97 Å². The number of hydrogen-bond acceptors (Lipinski definition) is 4. The van der Waals surface area contributed by atoms with Crippen LogP contribution in [0.5, 0.6) is 0 Å². The van der Waals surface area contributed by atoms with Gasteiger partial charge in [0.05, 0.1) is 16.6 Å². The highest BCUT2D eigenvalue weighted by Crippen LogP contribution is 2.20. The number of esters is 1. The molecule has 1 amide bonds. The summed E-state index contributed by atoms with van der Waals surface area (Å²) < 4.78 is 4.99. The van der Waals surface area contributed by atoms with E-state index in [0.29, 0.717) is 0 Å². The molecule has 1 atom stereocenters. The number of pyridine rings is 1. The van der Waals surface area contributed by atoms with Crippen molar-refractivity contribution in [1.82, 2.24) is 10.3 Å². The predicted octanol–water partition coefficient (Wildman–Crippen LogP) is 4.12. The highest BCUT2D eigenvalue weighted by atomic mass is 35.5. The largest absolute Gasteiger partial charge is 0.452 e. The Morgan fingerprint density at radius 2 is 1.92 bits per heavy atom. The summed E-state index contributed by atoms with van der Waals surface area (Å²) in [5.41, 5.74) is 2.28. The van der Waals surface area contributed by atoms with Crippen LogP contribution in [-0.4, -0.2) is 23.5 Å².